The van der Waals surface area contributed by atoms with Crippen LogP contribution in [0.2, 0.25) is 0 Å². The molecule has 0 N–H and O–H groups in total. The number of esters is 1. The van der Waals surface area contributed by atoms with Crippen LogP contribution in [0.4, 0.5) is 0 Å². The van der Waals surface area contributed by atoms with Crippen LogP contribution < -0.4 is 4.74 Å². The maximum absolute atomic E-state index is 12.3. The van der Waals surface area contributed by atoms with Gasteiger partial charge >= 0.3 is 5.97 Å². The molecule has 20 heavy (non-hydrogen) atoms. The summed E-state index contributed by atoms with van der Waals surface area (Å²) in [6.45, 7) is 6.92. The summed E-state index contributed by atoms with van der Waals surface area (Å²) in [4.78, 5) is 24.2. The van der Waals surface area contributed by atoms with Crippen molar-refractivity contribution in [1.29, 1.82) is 0 Å². The van der Waals surface area contributed by atoms with Crippen LogP contribution in [-0.4, -0.2) is 23.5 Å². The zero-order chi connectivity index (χ0) is 14.9. The largest absolute Gasteiger partial charge is 0.482 e. The van der Waals surface area contributed by atoms with Gasteiger partial charge in [-0.1, -0.05) is 18.2 Å². The number of carbonyl (C=O) groups excluding carboxylic acids is 2. The molecule has 2 rings (SSSR count). The molecule has 0 amide bonds. The summed E-state index contributed by atoms with van der Waals surface area (Å²) in [5, 5.41) is 0. The Kier molecular flexibility index (Phi) is 3.84. The molecular weight excluding hydrogens is 256 g/mol. The van der Waals surface area contributed by atoms with Crippen LogP contribution in [-0.2, 0) is 20.7 Å². The average Bonchev–Trinajstić information content (AvgIpc) is 2.78. The number of carbonyl (C=O) groups is 2. The second kappa shape index (κ2) is 5.27. The van der Waals surface area contributed by atoms with E-state index in [9.17, 15) is 9.59 Å². The Hall–Kier alpha value is -1.84. The fourth-order valence-electron chi connectivity index (χ4n) is 2.13. The number of ether oxygens (including phenoxy) is 2. The Bertz CT molecular complexity index is 503. The number of benzene rings is 1. The van der Waals surface area contributed by atoms with Crippen LogP contribution in [0.1, 0.15) is 33.3 Å². The normalized spacial score (nSPS) is 18.9. The Morgan fingerprint density at radius 2 is 1.95 bits per heavy atom. The second-order valence-electron chi connectivity index (χ2n) is 6.08. The van der Waals surface area contributed by atoms with E-state index >= 15 is 0 Å². The van der Waals surface area contributed by atoms with Gasteiger partial charge in [0, 0.05) is 6.42 Å². The molecule has 108 valence electrons. The molecule has 2 unspecified atom stereocenters. The number of Topliss-reactive ketones (excluding diaryl/α,β-unsaturated/α-hetero) is 1. The second-order valence-corrected chi connectivity index (χ2v) is 6.08. The molecule has 0 saturated heterocycles. The number of rotatable bonds is 3. The quantitative estimate of drug-likeness (QED) is 0.629. The lowest BCUT2D eigenvalue weighted by atomic mass is 9.98. The number of hydrogen-bond donors (Lipinski definition) is 0. The Morgan fingerprint density at radius 1 is 1.30 bits per heavy atom. The molecule has 4 nitrogen and oxygen atoms in total. The van der Waals surface area contributed by atoms with Crippen molar-refractivity contribution in [3.05, 3.63) is 29.8 Å². The summed E-state index contributed by atoms with van der Waals surface area (Å²) in [5.74, 6) is -0.812. The van der Waals surface area contributed by atoms with Crippen molar-refractivity contribution in [2.75, 3.05) is 0 Å². The van der Waals surface area contributed by atoms with Gasteiger partial charge in [0.15, 0.2) is 11.9 Å². The third kappa shape index (κ3) is 3.18. The zero-order valence-electron chi connectivity index (χ0n) is 12.3. The van der Waals surface area contributed by atoms with Gasteiger partial charge in [-0.2, -0.15) is 0 Å². The minimum atomic E-state index is -0.812. The van der Waals surface area contributed by atoms with Crippen molar-refractivity contribution in [1.82, 2.24) is 0 Å². The summed E-state index contributed by atoms with van der Waals surface area (Å²) in [7, 11) is 0. The first-order valence-electron chi connectivity index (χ1n) is 6.79. The first-order chi connectivity index (χ1) is 9.28. The standard InChI is InChI=1S/C16H20O4/c1-10(15(18)20-16(2,3)4)14(17)13-9-11-7-5-6-8-12(11)19-13/h5-8,10,13H,9H2,1-4H3. The third-order valence-corrected chi connectivity index (χ3v) is 3.15. The lowest BCUT2D eigenvalue weighted by molar-refractivity contribution is -0.162. The van der Waals surface area contributed by atoms with E-state index < -0.39 is 23.6 Å². The number of ketones is 1. The minimum Gasteiger partial charge on any atom is -0.482 e. The van der Waals surface area contributed by atoms with E-state index in [4.69, 9.17) is 9.47 Å². The highest BCUT2D eigenvalue weighted by Gasteiger charge is 2.36. The molecule has 0 saturated carbocycles. The van der Waals surface area contributed by atoms with Crippen molar-refractivity contribution in [2.24, 2.45) is 5.92 Å². The number of hydrogen-bond acceptors (Lipinski definition) is 4. The molecule has 2 atom stereocenters. The molecule has 4 heteroatoms. The van der Waals surface area contributed by atoms with E-state index in [0.29, 0.717) is 6.42 Å². The maximum Gasteiger partial charge on any atom is 0.316 e. The monoisotopic (exact) mass is 276 g/mol. The van der Waals surface area contributed by atoms with E-state index in [2.05, 4.69) is 0 Å². The van der Waals surface area contributed by atoms with Crippen LogP contribution in [0, 0.1) is 5.92 Å². The van der Waals surface area contributed by atoms with E-state index in [1.54, 1.807) is 27.7 Å². The topological polar surface area (TPSA) is 52.6 Å². The zero-order valence-corrected chi connectivity index (χ0v) is 12.3. The van der Waals surface area contributed by atoms with Gasteiger partial charge in [0.05, 0.1) is 0 Å². The van der Waals surface area contributed by atoms with Gasteiger partial charge in [0.25, 0.3) is 0 Å². The average molecular weight is 276 g/mol. The molecule has 0 bridgehead atoms. The predicted octanol–water partition coefficient (Wildman–Crippen LogP) is 2.54. The van der Waals surface area contributed by atoms with Crippen LogP contribution in [0.25, 0.3) is 0 Å². The highest BCUT2D eigenvalue weighted by Crippen LogP contribution is 2.29. The molecule has 0 spiro atoms. The Morgan fingerprint density at radius 3 is 2.55 bits per heavy atom. The molecule has 1 heterocycles. The third-order valence-electron chi connectivity index (χ3n) is 3.15. The molecule has 1 aromatic rings. The molecule has 0 aromatic heterocycles. The van der Waals surface area contributed by atoms with Crippen molar-refractivity contribution in [2.45, 2.75) is 45.8 Å². The van der Waals surface area contributed by atoms with Crippen LogP contribution in [0.15, 0.2) is 24.3 Å². The van der Waals surface area contributed by atoms with Crippen LogP contribution in [0.3, 0.4) is 0 Å². The van der Waals surface area contributed by atoms with Gasteiger partial charge in [0.1, 0.15) is 17.3 Å². The highest BCUT2D eigenvalue weighted by atomic mass is 16.6. The maximum atomic E-state index is 12.3. The smallest absolute Gasteiger partial charge is 0.316 e. The molecule has 0 aliphatic carbocycles. The number of fused-ring (bicyclic) bond motifs is 1. The lowest BCUT2D eigenvalue weighted by Gasteiger charge is -2.22. The summed E-state index contributed by atoms with van der Waals surface area (Å²) < 4.78 is 10.9. The SMILES string of the molecule is CC(C(=O)OC(C)(C)C)C(=O)C1Cc2ccccc2O1. The van der Waals surface area contributed by atoms with Gasteiger partial charge in [-0.25, -0.2) is 0 Å². The van der Waals surface area contributed by atoms with Crippen LogP contribution >= 0.6 is 0 Å². The van der Waals surface area contributed by atoms with Gasteiger partial charge in [0.2, 0.25) is 0 Å². The van der Waals surface area contributed by atoms with Gasteiger partial charge in [-0.05, 0) is 39.3 Å². The van der Waals surface area contributed by atoms with Gasteiger partial charge in [-0.3, -0.25) is 9.59 Å². The fraction of sp³-hybridized carbons (Fsp3) is 0.500. The summed E-state index contributed by atoms with van der Waals surface area (Å²) in [6.07, 6.45) is -0.0720. The summed E-state index contributed by atoms with van der Waals surface area (Å²) >= 11 is 0. The Labute approximate surface area is 119 Å². The molecule has 1 aliphatic heterocycles. The minimum absolute atomic E-state index is 0.226. The van der Waals surface area contributed by atoms with Crippen molar-refractivity contribution >= 4 is 11.8 Å². The summed E-state index contributed by atoms with van der Waals surface area (Å²) in [6, 6.07) is 7.54. The Balaban J connectivity index is 2.01. The first-order valence-corrected chi connectivity index (χ1v) is 6.79. The van der Waals surface area contributed by atoms with Gasteiger partial charge in [-0.15, -0.1) is 0 Å². The lowest BCUT2D eigenvalue weighted by Crippen LogP contribution is -2.37. The van der Waals surface area contributed by atoms with Crippen molar-refractivity contribution in [3.8, 4) is 5.75 Å². The van der Waals surface area contributed by atoms with Crippen molar-refractivity contribution < 1.29 is 19.1 Å². The highest BCUT2D eigenvalue weighted by molar-refractivity contribution is 6.01. The van der Waals surface area contributed by atoms with E-state index in [-0.39, 0.29) is 5.78 Å². The van der Waals surface area contributed by atoms with Gasteiger partial charge < -0.3 is 9.47 Å². The summed E-state index contributed by atoms with van der Waals surface area (Å²) in [5.41, 5.74) is 0.410. The molecular formula is C16H20O4. The molecule has 0 radical (unpaired) electrons. The number of para-hydroxylation sites is 1. The van der Waals surface area contributed by atoms with Crippen molar-refractivity contribution in [3.63, 3.8) is 0 Å². The first kappa shape index (κ1) is 14.6. The van der Waals surface area contributed by atoms with E-state index in [1.165, 1.54) is 0 Å². The van der Waals surface area contributed by atoms with E-state index in [1.807, 2.05) is 24.3 Å². The molecule has 0 fully saturated rings. The van der Waals surface area contributed by atoms with Crippen LogP contribution in [0.5, 0.6) is 5.75 Å². The fourth-order valence-corrected chi connectivity index (χ4v) is 2.13. The molecule has 1 aromatic carbocycles. The predicted molar refractivity (Wildman–Crippen MR) is 74.6 cm³/mol. The van der Waals surface area contributed by atoms with E-state index in [0.717, 1.165) is 11.3 Å². The molecule has 1 aliphatic rings.